The van der Waals surface area contributed by atoms with E-state index in [0.29, 0.717) is 0 Å². The average molecular weight is 389 g/mol. The van der Waals surface area contributed by atoms with Crippen LogP contribution in [0.4, 0.5) is 0 Å². The molecule has 1 saturated heterocycles. The lowest BCUT2D eigenvalue weighted by molar-refractivity contribution is -0.126. The third-order valence-corrected chi connectivity index (χ3v) is 5.02. The molecule has 2 aliphatic rings. The van der Waals surface area contributed by atoms with Crippen molar-refractivity contribution in [3.63, 3.8) is 0 Å². The van der Waals surface area contributed by atoms with Crippen molar-refractivity contribution in [2.45, 2.75) is 25.9 Å². The third-order valence-electron chi connectivity index (χ3n) is 5.02. The van der Waals surface area contributed by atoms with Gasteiger partial charge >= 0.3 is 0 Å². The number of carbonyl (C=O) groups is 1. The van der Waals surface area contributed by atoms with Gasteiger partial charge in [-0.25, -0.2) is 0 Å². The van der Waals surface area contributed by atoms with E-state index in [0.717, 1.165) is 58.8 Å². The van der Waals surface area contributed by atoms with Crippen LogP contribution in [0.2, 0.25) is 0 Å². The second-order valence-electron chi connectivity index (χ2n) is 6.55. The molecule has 0 spiro atoms. The number of benzene rings is 1. The first-order valence-electron chi connectivity index (χ1n) is 8.75. The molecule has 0 bridgehead atoms. The first kappa shape index (κ1) is 22.2. The highest BCUT2D eigenvalue weighted by atomic mass is 35.5. The van der Waals surface area contributed by atoms with Crippen LogP contribution < -0.4 is 10.6 Å². The number of fused-ring (bicyclic) bond motifs is 1. The molecule has 1 fully saturated rings. The van der Waals surface area contributed by atoms with Gasteiger partial charge in [0.2, 0.25) is 5.91 Å². The fourth-order valence-electron chi connectivity index (χ4n) is 3.43. The highest BCUT2D eigenvalue weighted by Crippen LogP contribution is 2.20. The van der Waals surface area contributed by atoms with Crippen molar-refractivity contribution in [2.75, 3.05) is 45.8 Å². The van der Waals surface area contributed by atoms with E-state index < -0.39 is 0 Å². The minimum atomic E-state index is -0.0635. The zero-order valence-corrected chi connectivity index (χ0v) is 16.5. The lowest BCUT2D eigenvalue weighted by Gasteiger charge is -2.33. The Hall–Kier alpha value is -0.850. The zero-order chi connectivity index (χ0) is 16.1. The van der Waals surface area contributed by atoms with Crippen LogP contribution in [0.25, 0.3) is 0 Å². The molecule has 0 aliphatic carbocycles. The molecule has 3 rings (SSSR count). The summed E-state index contributed by atoms with van der Waals surface area (Å²) in [6, 6.07) is 8.49. The van der Waals surface area contributed by atoms with Gasteiger partial charge in [-0.05, 0) is 24.5 Å². The largest absolute Gasteiger partial charge is 0.353 e. The quantitative estimate of drug-likeness (QED) is 0.797. The number of halogens is 2. The molecule has 5 nitrogen and oxygen atoms in total. The summed E-state index contributed by atoms with van der Waals surface area (Å²) in [5, 5.41) is 6.46. The van der Waals surface area contributed by atoms with Gasteiger partial charge in [-0.3, -0.25) is 14.6 Å². The molecule has 1 aromatic rings. The Morgan fingerprint density at radius 1 is 1.16 bits per heavy atom. The minimum Gasteiger partial charge on any atom is -0.353 e. The van der Waals surface area contributed by atoms with E-state index in [9.17, 15) is 4.79 Å². The van der Waals surface area contributed by atoms with Gasteiger partial charge in [0.15, 0.2) is 0 Å². The van der Waals surface area contributed by atoms with Crippen LogP contribution in [0, 0.1) is 0 Å². The lowest BCUT2D eigenvalue weighted by Crippen LogP contribution is -2.50. The van der Waals surface area contributed by atoms with Crippen molar-refractivity contribution in [3.8, 4) is 0 Å². The Morgan fingerprint density at radius 2 is 1.84 bits per heavy atom. The Bertz CT molecular complexity index is 538. The summed E-state index contributed by atoms with van der Waals surface area (Å²) in [4.78, 5) is 17.1. The molecule has 1 unspecified atom stereocenters. The van der Waals surface area contributed by atoms with Gasteiger partial charge in [0, 0.05) is 52.4 Å². The van der Waals surface area contributed by atoms with Crippen LogP contribution in [-0.4, -0.2) is 67.6 Å². The number of hydrogen-bond acceptors (Lipinski definition) is 4. The first-order chi connectivity index (χ1) is 11.2. The van der Waals surface area contributed by atoms with Gasteiger partial charge in [0.25, 0.3) is 0 Å². The van der Waals surface area contributed by atoms with E-state index in [2.05, 4.69) is 44.7 Å². The van der Waals surface area contributed by atoms with E-state index >= 15 is 0 Å². The maximum atomic E-state index is 12.4. The molecule has 7 heteroatoms. The molecule has 1 amide bonds. The molecule has 25 heavy (non-hydrogen) atoms. The third kappa shape index (κ3) is 6.12. The second-order valence-corrected chi connectivity index (χ2v) is 6.55. The fraction of sp³-hybridized carbons (Fsp3) is 0.611. The Labute approximate surface area is 163 Å². The number of piperazine rings is 1. The van der Waals surface area contributed by atoms with Crippen molar-refractivity contribution in [1.82, 2.24) is 20.4 Å². The molecule has 0 saturated carbocycles. The van der Waals surface area contributed by atoms with Crippen LogP contribution in [0.5, 0.6) is 0 Å². The lowest BCUT2D eigenvalue weighted by atomic mass is 9.99. The Morgan fingerprint density at radius 3 is 2.56 bits per heavy atom. The van der Waals surface area contributed by atoms with E-state index in [1.54, 1.807) is 0 Å². The predicted octanol–water partition coefficient (Wildman–Crippen LogP) is 1.30. The number of nitrogens with zero attached hydrogens (tertiary/aromatic N) is 2. The summed E-state index contributed by atoms with van der Waals surface area (Å²) in [6.45, 7) is 9.81. The summed E-state index contributed by atoms with van der Waals surface area (Å²) >= 11 is 0. The highest BCUT2D eigenvalue weighted by molar-refractivity contribution is 5.85. The number of hydrogen-bond donors (Lipinski definition) is 2. The van der Waals surface area contributed by atoms with Gasteiger partial charge < -0.3 is 10.6 Å². The van der Waals surface area contributed by atoms with Crippen LogP contribution in [-0.2, 0) is 17.8 Å². The molecule has 2 N–H and O–H groups in total. The van der Waals surface area contributed by atoms with Gasteiger partial charge in [0.05, 0.1) is 6.04 Å². The van der Waals surface area contributed by atoms with Crippen molar-refractivity contribution >= 4 is 30.7 Å². The van der Waals surface area contributed by atoms with Gasteiger partial charge in [-0.1, -0.05) is 24.3 Å². The summed E-state index contributed by atoms with van der Waals surface area (Å²) in [7, 11) is 0. The molecule has 1 atom stereocenters. The summed E-state index contributed by atoms with van der Waals surface area (Å²) in [5.74, 6) is 0.152. The SMILES string of the molecule is CC(C(=O)NCCN1CCNCC1)N1CCc2ccccc2C1.Cl.Cl. The van der Waals surface area contributed by atoms with E-state index in [1.807, 2.05) is 6.92 Å². The van der Waals surface area contributed by atoms with Crippen LogP contribution in [0.1, 0.15) is 18.1 Å². The fourth-order valence-corrected chi connectivity index (χ4v) is 3.43. The van der Waals surface area contributed by atoms with E-state index in [4.69, 9.17) is 0 Å². The molecular formula is C18H30Cl2N4O. The first-order valence-corrected chi connectivity index (χ1v) is 8.75. The molecule has 0 aromatic heterocycles. The van der Waals surface area contributed by atoms with Crippen molar-refractivity contribution in [1.29, 1.82) is 0 Å². The molecule has 142 valence electrons. The van der Waals surface area contributed by atoms with E-state index in [1.165, 1.54) is 11.1 Å². The average Bonchev–Trinajstić information content (AvgIpc) is 2.61. The Balaban J connectivity index is 0.00000156. The van der Waals surface area contributed by atoms with Gasteiger partial charge in [-0.2, -0.15) is 0 Å². The normalized spacial score (nSPS) is 19.1. The molecule has 2 aliphatic heterocycles. The molecule has 1 aromatic carbocycles. The summed E-state index contributed by atoms with van der Waals surface area (Å²) < 4.78 is 0. The standard InChI is InChI=1S/C18H28N4O.2ClH/c1-15(18(23)20-9-13-21-11-7-19-8-12-21)22-10-6-16-4-2-3-5-17(16)14-22;;/h2-5,15,19H,6-14H2,1H3,(H,20,23);2*1H. The predicted molar refractivity (Wildman–Crippen MR) is 107 cm³/mol. The molecule has 2 heterocycles. The number of amides is 1. The van der Waals surface area contributed by atoms with Gasteiger partial charge in [0.1, 0.15) is 0 Å². The monoisotopic (exact) mass is 388 g/mol. The summed E-state index contributed by atoms with van der Waals surface area (Å²) in [6.07, 6.45) is 1.04. The zero-order valence-electron chi connectivity index (χ0n) is 14.9. The summed E-state index contributed by atoms with van der Waals surface area (Å²) in [5.41, 5.74) is 2.79. The Kier molecular flexibility index (Phi) is 9.75. The van der Waals surface area contributed by atoms with Crippen molar-refractivity contribution < 1.29 is 4.79 Å². The number of carbonyl (C=O) groups excluding carboxylic acids is 1. The number of rotatable bonds is 5. The maximum absolute atomic E-state index is 12.4. The van der Waals surface area contributed by atoms with Crippen molar-refractivity contribution in [2.24, 2.45) is 0 Å². The van der Waals surface area contributed by atoms with Crippen LogP contribution in [0.3, 0.4) is 0 Å². The topological polar surface area (TPSA) is 47.6 Å². The highest BCUT2D eigenvalue weighted by Gasteiger charge is 2.25. The minimum absolute atomic E-state index is 0. The second kappa shape index (κ2) is 11.0. The van der Waals surface area contributed by atoms with Crippen molar-refractivity contribution in [3.05, 3.63) is 35.4 Å². The molecular weight excluding hydrogens is 359 g/mol. The smallest absolute Gasteiger partial charge is 0.237 e. The molecule has 0 radical (unpaired) electrons. The van der Waals surface area contributed by atoms with Crippen LogP contribution in [0.15, 0.2) is 24.3 Å². The van der Waals surface area contributed by atoms with E-state index in [-0.39, 0.29) is 36.8 Å². The van der Waals surface area contributed by atoms with Gasteiger partial charge in [-0.15, -0.1) is 24.8 Å². The maximum Gasteiger partial charge on any atom is 0.237 e. The van der Waals surface area contributed by atoms with Crippen LogP contribution >= 0.6 is 24.8 Å². The number of nitrogens with one attached hydrogen (secondary N) is 2.